The van der Waals surface area contributed by atoms with E-state index >= 15 is 0 Å². The second-order valence-corrected chi connectivity index (χ2v) is 6.23. The Morgan fingerprint density at radius 2 is 2.28 bits per heavy atom. The van der Waals surface area contributed by atoms with Crippen molar-refractivity contribution < 1.29 is 9.26 Å². The number of ether oxygens (including phenoxy) is 1. The van der Waals surface area contributed by atoms with Gasteiger partial charge in [-0.3, -0.25) is 9.58 Å². The molecule has 130 valence electrons. The molecule has 3 aromatic rings. The van der Waals surface area contributed by atoms with Crippen LogP contribution < -0.4 is 0 Å². The molecule has 1 aliphatic heterocycles. The topological polar surface area (TPSA) is 82.1 Å². The van der Waals surface area contributed by atoms with E-state index in [9.17, 15) is 0 Å². The van der Waals surface area contributed by atoms with Gasteiger partial charge in [0.1, 0.15) is 12.7 Å². The molecule has 0 radical (unpaired) electrons. The predicted octanol–water partition coefficient (Wildman–Crippen LogP) is 1.54. The van der Waals surface area contributed by atoms with Gasteiger partial charge in [0.05, 0.1) is 25.8 Å². The minimum Gasteiger partial charge on any atom is -0.374 e. The van der Waals surface area contributed by atoms with Crippen molar-refractivity contribution in [3.8, 4) is 11.4 Å². The Hall–Kier alpha value is -2.58. The summed E-state index contributed by atoms with van der Waals surface area (Å²) in [5.74, 6) is 1.25. The third-order valence-corrected chi connectivity index (χ3v) is 4.18. The number of morpholine rings is 1. The van der Waals surface area contributed by atoms with E-state index in [-0.39, 0.29) is 6.10 Å². The molecule has 25 heavy (non-hydrogen) atoms. The second kappa shape index (κ2) is 7.12. The SMILES string of the molecule is Cc1cccc(-c2noc(CN3CCO[C@H](Cn4cncn4)C3)n2)c1. The Labute approximate surface area is 145 Å². The minimum absolute atomic E-state index is 0.0783. The maximum atomic E-state index is 5.81. The Kier molecular flexibility index (Phi) is 4.53. The molecule has 4 rings (SSSR count). The Bertz CT molecular complexity index is 816. The summed E-state index contributed by atoms with van der Waals surface area (Å²) in [4.78, 5) is 10.8. The molecule has 0 unspecified atom stereocenters. The largest absolute Gasteiger partial charge is 0.374 e. The van der Waals surface area contributed by atoms with Crippen molar-refractivity contribution in [2.75, 3.05) is 19.7 Å². The lowest BCUT2D eigenvalue weighted by atomic mass is 10.1. The number of hydrogen-bond donors (Lipinski definition) is 0. The fourth-order valence-corrected chi connectivity index (χ4v) is 2.98. The summed E-state index contributed by atoms with van der Waals surface area (Å²) in [5.41, 5.74) is 2.15. The maximum absolute atomic E-state index is 5.81. The molecule has 1 aliphatic rings. The van der Waals surface area contributed by atoms with Crippen LogP contribution >= 0.6 is 0 Å². The van der Waals surface area contributed by atoms with Crippen molar-refractivity contribution >= 4 is 0 Å². The van der Waals surface area contributed by atoms with Gasteiger partial charge < -0.3 is 9.26 Å². The van der Waals surface area contributed by atoms with Crippen molar-refractivity contribution in [2.24, 2.45) is 0 Å². The summed E-state index contributed by atoms with van der Waals surface area (Å²) in [6.07, 6.45) is 3.31. The number of hydrogen-bond acceptors (Lipinski definition) is 7. The van der Waals surface area contributed by atoms with Crippen LogP contribution in [0.25, 0.3) is 11.4 Å². The Morgan fingerprint density at radius 1 is 1.32 bits per heavy atom. The van der Waals surface area contributed by atoms with Crippen LogP contribution in [-0.2, 0) is 17.8 Å². The molecule has 8 heteroatoms. The fourth-order valence-electron chi connectivity index (χ4n) is 2.98. The minimum atomic E-state index is 0.0783. The predicted molar refractivity (Wildman–Crippen MR) is 89.5 cm³/mol. The first kappa shape index (κ1) is 15.9. The summed E-state index contributed by atoms with van der Waals surface area (Å²) < 4.78 is 13.0. The monoisotopic (exact) mass is 340 g/mol. The summed E-state index contributed by atoms with van der Waals surface area (Å²) in [7, 11) is 0. The third kappa shape index (κ3) is 3.92. The summed E-state index contributed by atoms with van der Waals surface area (Å²) in [6.45, 7) is 5.68. The van der Waals surface area contributed by atoms with Gasteiger partial charge in [-0.05, 0) is 13.0 Å². The van der Waals surface area contributed by atoms with Gasteiger partial charge in [-0.1, -0.05) is 28.9 Å². The van der Waals surface area contributed by atoms with Crippen LogP contribution in [0.2, 0.25) is 0 Å². The van der Waals surface area contributed by atoms with E-state index < -0.39 is 0 Å². The average Bonchev–Trinajstić information content (AvgIpc) is 3.27. The van der Waals surface area contributed by atoms with E-state index in [0.29, 0.717) is 31.4 Å². The van der Waals surface area contributed by atoms with Crippen molar-refractivity contribution in [3.05, 3.63) is 48.4 Å². The van der Waals surface area contributed by atoms with Crippen LogP contribution in [0.1, 0.15) is 11.5 Å². The molecule has 1 saturated heterocycles. The molecule has 0 spiro atoms. The highest BCUT2D eigenvalue weighted by Crippen LogP contribution is 2.18. The first-order chi connectivity index (χ1) is 12.3. The first-order valence-electron chi connectivity index (χ1n) is 8.32. The zero-order valence-corrected chi connectivity index (χ0v) is 14.1. The van der Waals surface area contributed by atoms with Gasteiger partial charge in [-0.25, -0.2) is 4.98 Å². The van der Waals surface area contributed by atoms with Gasteiger partial charge in [0, 0.05) is 18.7 Å². The van der Waals surface area contributed by atoms with Gasteiger partial charge in [0.2, 0.25) is 11.7 Å². The van der Waals surface area contributed by atoms with E-state index in [2.05, 4.69) is 31.2 Å². The lowest BCUT2D eigenvalue weighted by molar-refractivity contribution is -0.0426. The lowest BCUT2D eigenvalue weighted by Gasteiger charge is -2.31. The molecule has 2 aromatic heterocycles. The van der Waals surface area contributed by atoms with Crippen molar-refractivity contribution in [1.82, 2.24) is 29.8 Å². The normalized spacial score (nSPS) is 18.5. The molecule has 0 aliphatic carbocycles. The lowest BCUT2D eigenvalue weighted by Crippen LogP contribution is -2.43. The zero-order valence-electron chi connectivity index (χ0n) is 14.1. The highest BCUT2D eigenvalue weighted by Gasteiger charge is 2.23. The molecule has 0 amide bonds. The van der Waals surface area contributed by atoms with Gasteiger partial charge in [-0.15, -0.1) is 0 Å². The van der Waals surface area contributed by atoms with Crippen molar-refractivity contribution in [3.63, 3.8) is 0 Å². The number of benzene rings is 1. The van der Waals surface area contributed by atoms with Gasteiger partial charge in [-0.2, -0.15) is 10.1 Å². The molecule has 8 nitrogen and oxygen atoms in total. The van der Waals surface area contributed by atoms with Crippen LogP contribution in [0, 0.1) is 6.92 Å². The van der Waals surface area contributed by atoms with Crippen LogP contribution in [0.15, 0.2) is 41.4 Å². The van der Waals surface area contributed by atoms with Crippen molar-refractivity contribution in [1.29, 1.82) is 0 Å². The second-order valence-electron chi connectivity index (χ2n) is 6.23. The van der Waals surface area contributed by atoms with E-state index in [1.165, 1.54) is 11.9 Å². The number of nitrogens with zero attached hydrogens (tertiary/aromatic N) is 6. The number of rotatable bonds is 5. The van der Waals surface area contributed by atoms with Crippen LogP contribution in [-0.4, -0.2) is 55.6 Å². The summed E-state index contributed by atoms with van der Waals surface area (Å²) >= 11 is 0. The molecule has 1 aromatic carbocycles. The van der Waals surface area contributed by atoms with Crippen LogP contribution in [0.5, 0.6) is 0 Å². The standard InChI is InChI=1S/C17H20N6O2/c1-13-3-2-4-14(7-13)17-20-16(25-21-17)10-22-5-6-24-15(8-22)9-23-12-18-11-19-23/h2-4,7,11-12,15H,5-6,8-10H2,1H3/t15-/m0/s1. The van der Waals surface area contributed by atoms with Gasteiger partial charge in [0.15, 0.2) is 0 Å². The highest BCUT2D eigenvalue weighted by molar-refractivity contribution is 5.55. The van der Waals surface area contributed by atoms with Crippen molar-refractivity contribution in [2.45, 2.75) is 26.1 Å². The number of aryl methyl sites for hydroxylation is 1. The molecule has 1 atom stereocenters. The maximum Gasteiger partial charge on any atom is 0.241 e. The van der Waals surface area contributed by atoms with Crippen LogP contribution in [0.4, 0.5) is 0 Å². The smallest absolute Gasteiger partial charge is 0.241 e. The fraction of sp³-hybridized carbons (Fsp3) is 0.412. The van der Waals surface area contributed by atoms with Crippen LogP contribution in [0.3, 0.4) is 0 Å². The third-order valence-electron chi connectivity index (χ3n) is 4.18. The molecule has 3 heterocycles. The van der Waals surface area contributed by atoms with Gasteiger partial charge in [0.25, 0.3) is 0 Å². The van der Waals surface area contributed by atoms with E-state index in [0.717, 1.165) is 18.7 Å². The molecule has 0 N–H and O–H groups in total. The van der Waals surface area contributed by atoms with Gasteiger partial charge >= 0.3 is 0 Å². The summed E-state index contributed by atoms with van der Waals surface area (Å²) in [5, 5.41) is 8.24. The molecular formula is C17H20N6O2. The van der Waals surface area contributed by atoms with E-state index in [1.54, 1.807) is 11.0 Å². The Balaban J connectivity index is 1.38. The van der Waals surface area contributed by atoms with E-state index in [4.69, 9.17) is 9.26 Å². The number of aromatic nitrogens is 5. The molecule has 1 fully saturated rings. The average molecular weight is 340 g/mol. The Morgan fingerprint density at radius 3 is 3.12 bits per heavy atom. The van der Waals surface area contributed by atoms with E-state index in [1.807, 2.05) is 25.1 Å². The first-order valence-corrected chi connectivity index (χ1v) is 8.32. The molecular weight excluding hydrogens is 320 g/mol. The quantitative estimate of drug-likeness (QED) is 0.697. The molecule has 0 bridgehead atoms. The summed E-state index contributed by atoms with van der Waals surface area (Å²) in [6, 6.07) is 8.09. The molecule has 0 saturated carbocycles. The zero-order chi connectivity index (χ0) is 17.1. The highest BCUT2D eigenvalue weighted by atomic mass is 16.5.